The number of fused-ring (bicyclic) bond motifs is 1. The fraction of sp³-hybridized carbons (Fsp3) is 0.286. The summed E-state index contributed by atoms with van der Waals surface area (Å²) in [6.07, 6.45) is 0.745. The Labute approximate surface area is 132 Å². The standard InChI is InChI=1S/C14H14ClNO3S2/c15-13-7-12(2-1-11(13)9-17)21(18,19)16-5-3-14-10(8-16)4-6-20-14/h1-2,4,6-7,17H,3,5,8-9H2. The molecule has 2 aromatic rings. The molecule has 1 aromatic heterocycles. The number of rotatable bonds is 3. The molecular weight excluding hydrogens is 330 g/mol. The lowest BCUT2D eigenvalue weighted by Gasteiger charge is -2.26. The zero-order valence-electron chi connectivity index (χ0n) is 11.1. The minimum atomic E-state index is -3.56. The molecule has 0 saturated heterocycles. The molecule has 1 aliphatic rings. The summed E-state index contributed by atoms with van der Waals surface area (Å²) in [5.74, 6) is 0. The van der Waals surface area contributed by atoms with E-state index in [1.54, 1.807) is 17.4 Å². The summed E-state index contributed by atoms with van der Waals surface area (Å²) < 4.78 is 26.8. The fourth-order valence-corrected chi connectivity index (χ4v) is 5.03. The molecule has 0 unspecified atom stereocenters. The van der Waals surface area contributed by atoms with Crippen molar-refractivity contribution in [2.75, 3.05) is 6.54 Å². The average molecular weight is 344 g/mol. The van der Waals surface area contributed by atoms with E-state index in [0.717, 1.165) is 12.0 Å². The molecule has 112 valence electrons. The number of aliphatic hydroxyl groups excluding tert-OH is 1. The van der Waals surface area contributed by atoms with E-state index in [0.29, 0.717) is 18.7 Å². The largest absolute Gasteiger partial charge is 0.392 e. The van der Waals surface area contributed by atoms with Gasteiger partial charge < -0.3 is 5.11 Å². The summed E-state index contributed by atoms with van der Waals surface area (Å²) in [6, 6.07) is 6.43. The van der Waals surface area contributed by atoms with Gasteiger partial charge in [0.1, 0.15) is 0 Å². The lowest BCUT2D eigenvalue weighted by Crippen LogP contribution is -2.35. The molecule has 4 nitrogen and oxygen atoms in total. The third-order valence-corrected chi connectivity index (χ3v) is 6.82. The van der Waals surface area contributed by atoms with Crippen molar-refractivity contribution >= 4 is 33.0 Å². The lowest BCUT2D eigenvalue weighted by molar-refractivity contribution is 0.282. The topological polar surface area (TPSA) is 57.6 Å². The van der Waals surface area contributed by atoms with Crippen molar-refractivity contribution in [2.24, 2.45) is 0 Å². The highest BCUT2D eigenvalue weighted by Crippen LogP contribution is 2.29. The van der Waals surface area contributed by atoms with Crippen LogP contribution in [0.3, 0.4) is 0 Å². The summed E-state index contributed by atoms with van der Waals surface area (Å²) in [5.41, 5.74) is 1.60. The van der Waals surface area contributed by atoms with Crippen LogP contribution in [0.25, 0.3) is 0 Å². The first kappa shape index (κ1) is 15.0. The van der Waals surface area contributed by atoms with Crippen molar-refractivity contribution in [1.82, 2.24) is 4.31 Å². The van der Waals surface area contributed by atoms with Gasteiger partial charge in [-0.25, -0.2) is 8.42 Å². The highest BCUT2D eigenvalue weighted by molar-refractivity contribution is 7.89. The molecule has 0 bridgehead atoms. The van der Waals surface area contributed by atoms with Gasteiger partial charge in [-0.3, -0.25) is 0 Å². The first-order valence-corrected chi connectivity index (χ1v) is 9.17. The number of sulfonamides is 1. The molecule has 7 heteroatoms. The Kier molecular flexibility index (Phi) is 4.07. The van der Waals surface area contributed by atoms with Gasteiger partial charge in [0, 0.05) is 23.0 Å². The second-order valence-electron chi connectivity index (χ2n) is 4.87. The molecular formula is C14H14ClNO3S2. The van der Waals surface area contributed by atoms with E-state index in [-0.39, 0.29) is 16.5 Å². The van der Waals surface area contributed by atoms with Gasteiger partial charge in [-0.1, -0.05) is 17.7 Å². The Morgan fingerprint density at radius 3 is 2.86 bits per heavy atom. The zero-order chi connectivity index (χ0) is 15.0. The quantitative estimate of drug-likeness (QED) is 0.932. The Bertz CT molecular complexity index is 770. The predicted molar refractivity (Wildman–Crippen MR) is 83.0 cm³/mol. The first-order valence-electron chi connectivity index (χ1n) is 6.47. The molecule has 1 N–H and O–H groups in total. The van der Waals surface area contributed by atoms with Gasteiger partial charge in [0.15, 0.2) is 0 Å². The molecule has 1 aromatic carbocycles. The van der Waals surface area contributed by atoms with Crippen LogP contribution in [0.4, 0.5) is 0 Å². The smallest absolute Gasteiger partial charge is 0.243 e. The maximum atomic E-state index is 12.7. The van der Waals surface area contributed by atoms with Crippen molar-refractivity contribution < 1.29 is 13.5 Å². The van der Waals surface area contributed by atoms with Crippen LogP contribution in [-0.2, 0) is 29.6 Å². The van der Waals surface area contributed by atoms with Crippen LogP contribution in [-0.4, -0.2) is 24.4 Å². The van der Waals surface area contributed by atoms with Crippen LogP contribution in [0.5, 0.6) is 0 Å². The normalized spacial score (nSPS) is 15.9. The van der Waals surface area contributed by atoms with Crippen molar-refractivity contribution in [2.45, 2.75) is 24.5 Å². The fourth-order valence-electron chi connectivity index (χ4n) is 2.39. The molecule has 21 heavy (non-hydrogen) atoms. The Hall–Kier alpha value is -0.920. The first-order chi connectivity index (χ1) is 10.0. The number of aliphatic hydroxyl groups is 1. The lowest BCUT2D eigenvalue weighted by atomic mass is 10.1. The Balaban J connectivity index is 1.93. The summed E-state index contributed by atoms with van der Waals surface area (Å²) in [6.45, 7) is 0.677. The van der Waals surface area contributed by atoms with Crippen LogP contribution >= 0.6 is 22.9 Å². The maximum Gasteiger partial charge on any atom is 0.243 e. The van der Waals surface area contributed by atoms with Crippen LogP contribution in [0, 0.1) is 0 Å². The van der Waals surface area contributed by atoms with Crippen molar-refractivity contribution in [3.8, 4) is 0 Å². The number of benzene rings is 1. The molecule has 0 saturated carbocycles. The highest BCUT2D eigenvalue weighted by Gasteiger charge is 2.29. The predicted octanol–water partition coefficient (Wildman–Crippen LogP) is 2.64. The van der Waals surface area contributed by atoms with Crippen LogP contribution in [0.2, 0.25) is 5.02 Å². The van der Waals surface area contributed by atoms with E-state index in [2.05, 4.69) is 0 Å². The Morgan fingerprint density at radius 2 is 2.14 bits per heavy atom. The third-order valence-electron chi connectivity index (χ3n) is 3.61. The van der Waals surface area contributed by atoms with E-state index in [1.807, 2.05) is 11.4 Å². The molecule has 0 fully saturated rings. The van der Waals surface area contributed by atoms with Crippen LogP contribution in [0.1, 0.15) is 16.0 Å². The zero-order valence-corrected chi connectivity index (χ0v) is 13.5. The van der Waals surface area contributed by atoms with Gasteiger partial charge in [0.05, 0.1) is 11.5 Å². The van der Waals surface area contributed by atoms with E-state index in [1.165, 1.54) is 21.3 Å². The van der Waals surface area contributed by atoms with Crippen LogP contribution < -0.4 is 0 Å². The number of thiophene rings is 1. The van der Waals surface area contributed by atoms with Crippen LogP contribution in [0.15, 0.2) is 34.5 Å². The van der Waals surface area contributed by atoms with Gasteiger partial charge >= 0.3 is 0 Å². The maximum absolute atomic E-state index is 12.7. The van der Waals surface area contributed by atoms with Crippen molar-refractivity contribution in [3.63, 3.8) is 0 Å². The molecule has 0 atom stereocenters. The highest BCUT2D eigenvalue weighted by atomic mass is 35.5. The number of nitrogens with zero attached hydrogens (tertiary/aromatic N) is 1. The number of halogens is 1. The second kappa shape index (κ2) is 5.70. The third kappa shape index (κ3) is 2.74. The van der Waals surface area contributed by atoms with E-state index >= 15 is 0 Å². The molecule has 2 heterocycles. The van der Waals surface area contributed by atoms with E-state index < -0.39 is 10.0 Å². The Morgan fingerprint density at radius 1 is 1.33 bits per heavy atom. The molecule has 0 spiro atoms. The van der Waals surface area contributed by atoms with Gasteiger partial charge in [-0.05, 0) is 41.1 Å². The van der Waals surface area contributed by atoms with Crippen molar-refractivity contribution in [1.29, 1.82) is 0 Å². The molecule has 0 aliphatic carbocycles. The monoisotopic (exact) mass is 343 g/mol. The summed E-state index contributed by atoms with van der Waals surface area (Å²) >= 11 is 7.67. The summed E-state index contributed by atoms with van der Waals surface area (Å²) in [7, 11) is -3.56. The van der Waals surface area contributed by atoms with E-state index in [4.69, 9.17) is 16.7 Å². The van der Waals surface area contributed by atoms with Gasteiger partial charge in [-0.2, -0.15) is 4.31 Å². The minimum Gasteiger partial charge on any atom is -0.392 e. The molecule has 3 rings (SSSR count). The molecule has 1 aliphatic heterocycles. The number of hydrogen-bond donors (Lipinski definition) is 1. The van der Waals surface area contributed by atoms with E-state index in [9.17, 15) is 8.42 Å². The van der Waals surface area contributed by atoms with Gasteiger partial charge in [-0.15, -0.1) is 11.3 Å². The van der Waals surface area contributed by atoms with Gasteiger partial charge in [0.25, 0.3) is 0 Å². The number of hydrogen-bond acceptors (Lipinski definition) is 4. The summed E-state index contributed by atoms with van der Waals surface area (Å²) in [4.78, 5) is 1.43. The minimum absolute atomic E-state index is 0.170. The van der Waals surface area contributed by atoms with Crippen molar-refractivity contribution in [3.05, 3.63) is 50.7 Å². The molecule has 0 amide bonds. The summed E-state index contributed by atoms with van der Waals surface area (Å²) in [5, 5.41) is 11.4. The van der Waals surface area contributed by atoms with Gasteiger partial charge in [0.2, 0.25) is 10.0 Å². The SMILES string of the molecule is O=S(=O)(c1ccc(CO)c(Cl)c1)N1CCc2sccc2C1. The second-order valence-corrected chi connectivity index (χ2v) is 8.21. The average Bonchev–Trinajstić information content (AvgIpc) is 2.94. The molecule has 0 radical (unpaired) electrons.